The van der Waals surface area contributed by atoms with Crippen molar-refractivity contribution in [3.63, 3.8) is 0 Å². The van der Waals surface area contributed by atoms with Crippen LogP contribution in [0, 0.1) is 0 Å². The van der Waals surface area contributed by atoms with E-state index >= 15 is 0 Å². The quantitative estimate of drug-likeness (QED) is 0.661. The Hall–Kier alpha value is -2.41. The average Bonchev–Trinajstić information content (AvgIpc) is 2.95. The highest BCUT2D eigenvalue weighted by molar-refractivity contribution is 6.01. The number of aliphatic imine (C=N–C) groups is 1. The molecule has 2 aromatic carbocycles. The Kier molecular flexibility index (Phi) is 3.83. The summed E-state index contributed by atoms with van der Waals surface area (Å²) in [5.74, 6) is 0.363. The summed E-state index contributed by atoms with van der Waals surface area (Å²) in [4.78, 5) is 4.75. The summed E-state index contributed by atoms with van der Waals surface area (Å²) in [6.45, 7) is 4.23. The van der Waals surface area contributed by atoms with E-state index in [2.05, 4.69) is 56.3 Å². The second kappa shape index (κ2) is 5.92. The number of hydrogen-bond acceptors (Lipinski definition) is 1. The van der Waals surface area contributed by atoms with Gasteiger partial charge < -0.3 is 0 Å². The van der Waals surface area contributed by atoms with Crippen LogP contribution in [-0.4, -0.2) is 5.71 Å². The van der Waals surface area contributed by atoms with E-state index in [1.165, 1.54) is 16.7 Å². The zero-order chi connectivity index (χ0) is 14.7. The van der Waals surface area contributed by atoms with Gasteiger partial charge in [-0.05, 0) is 37.1 Å². The highest BCUT2D eigenvalue weighted by Crippen LogP contribution is 2.29. The van der Waals surface area contributed by atoms with Crippen LogP contribution in [0.25, 0.3) is 0 Å². The molecule has 0 bridgehead atoms. The molecule has 1 aliphatic rings. The van der Waals surface area contributed by atoms with Gasteiger partial charge in [0.25, 0.3) is 0 Å². The van der Waals surface area contributed by atoms with E-state index in [1.807, 2.05) is 30.3 Å². The third kappa shape index (κ3) is 3.03. The van der Waals surface area contributed by atoms with Crippen LogP contribution in [0.1, 0.15) is 30.9 Å². The summed E-state index contributed by atoms with van der Waals surface area (Å²) >= 11 is 0. The van der Waals surface area contributed by atoms with E-state index in [1.54, 1.807) is 0 Å². The minimum absolute atomic E-state index is 0.363. The van der Waals surface area contributed by atoms with Crippen molar-refractivity contribution < 1.29 is 0 Å². The Labute approximate surface area is 126 Å². The number of para-hydroxylation sites is 1. The Morgan fingerprint density at radius 3 is 2.38 bits per heavy atom. The Balaban J connectivity index is 2.00. The molecule has 0 spiro atoms. The van der Waals surface area contributed by atoms with Gasteiger partial charge in [0, 0.05) is 11.6 Å². The number of nitrogens with zero attached hydrogens (tertiary/aromatic N) is 1. The van der Waals surface area contributed by atoms with Gasteiger partial charge in [0.2, 0.25) is 0 Å². The summed E-state index contributed by atoms with van der Waals surface area (Å²) in [6.07, 6.45) is 6.74. The first kappa shape index (κ1) is 13.6. The van der Waals surface area contributed by atoms with Gasteiger partial charge in [-0.25, -0.2) is 0 Å². The van der Waals surface area contributed by atoms with Crippen LogP contribution >= 0.6 is 0 Å². The van der Waals surface area contributed by atoms with Crippen LogP contribution < -0.4 is 0 Å². The largest absolute Gasteiger partial charge is 0.253 e. The predicted molar refractivity (Wildman–Crippen MR) is 90.4 cm³/mol. The van der Waals surface area contributed by atoms with Gasteiger partial charge >= 0.3 is 0 Å². The highest BCUT2D eigenvalue weighted by Gasteiger charge is 2.14. The third-order valence-electron chi connectivity index (χ3n) is 3.77. The molecular formula is C20H19N. The molecule has 0 saturated carbocycles. The summed E-state index contributed by atoms with van der Waals surface area (Å²) in [7, 11) is 0. The molecule has 1 atom stereocenters. The lowest BCUT2D eigenvalue weighted by molar-refractivity contribution is 1.09. The van der Waals surface area contributed by atoms with Crippen molar-refractivity contribution in [2.24, 2.45) is 4.99 Å². The maximum absolute atomic E-state index is 4.75. The molecule has 1 unspecified atom stereocenters. The smallest absolute Gasteiger partial charge is 0.0633 e. The minimum atomic E-state index is 0.363. The van der Waals surface area contributed by atoms with Gasteiger partial charge in [0.05, 0.1) is 5.69 Å². The maximum atomic E-state index is 4.75. The number of allylic oxidation sites excluding steroid dienone is 4. The van der Waals surface area contributed by atoms with E-state index < -0.39 is 0 Å². The lowest BCUT2D eigenvalue weighted by atomic mass is 9.93. The second-order valence-corrected chi connectivity index (χ2v) is 5.42. The second-order valence-electron chi connectivity index (χ2n) is 5.42. The molecule has 2 aromatic rings. The molecule has 1 nitrogen and oxygen atoms in total. The van der Waals surface area contributed by atoms with Crippen molar-refractivity contribution in [3.05, 3.63) is 89.5 Å². The molecule has 104 valence electrons. The summed E-state index contributed by atoms with van der Waals surface area (Å²) in [5.41, 5.74) is 5.93. The molecule has 0 fully saturated rings. The van der Waals surface area contributed by atoms with Crippen molar-refractivity contribution in [1.82, 2.24) is 0 Å². The molecule has 0 amide bonds. The predicted octanol–water partition coefficient (Wildman–Crippen LogP) is 5.43. The van der Waals surface area contributed by atoms with Crippen LogP contribution in [-0.2, 0) is 0 Å². The molecular weight excluding hydrogens is 254 g/mol. The highest BCUT2D eigenvalue weighted by atomic mass is 14.7. The number of hydrogen-bond donors (Lipinski definition) is 0. The molecule has 0 aliphatic heterocycles. The van der Waals surface area contributed by atoms with Crippen LogP contribution in [0.4, 0.5) is 5.69 Å². The average molecular weight is 273 g/mol. The van der Waals surface area contributed by atoms with Crippen molar-refractivity contribution in [2.45, 2.75) is 19.8 Å². The molecule has 0 heterocycles. The van der Waals surface area contributed by atoms with Gasteiger partial charge in [0.1, 0.15) is 0 Å². The van der Waals surface area contributed by atoms with Crippen LogP contribution in [0.15, 0.2) is 83.4 Å². The molecule has 0 N–H and O–H groups in total. The van der Waals surface area contributed by atoms with Crippen molar-refractivity contribution >= 4 is 11.4 Å². The number of benzene rings is 2. The van der Waals surface area contributed by atoms with Crippen molar-refractivity contribution in [3.8, 4) is 0 Å². The first-order valence-corrected chi connectivity index (χ1v) is 7.30. The lowest BCUT2D eigenvalue weighted by Gasteiger charge is -2.13. The summed E-state index contributed by atoms with van der Waals surface area (Å²) in [5, 5.41) is 0. The van der Waals surface area contributed by atoms with Gasteiger partial charge in [-0.2, -0.15) is 0 Å². The van der Waals surface area contributed by atoms with Crippen LogP contribution in [0.2, 0.25) is 0 Å². The zero-order valence-corrected chi connectivity index (χ0v) is 12.5. The maximum Gasteiger partial charge on any atom is 0.0633 e. The van der Waals surface area contributed by atoms with Gasteiger partial charge in [-0.15, -0.1) is 0 Å². The van der Waals surface area contributed by atoms with E-state index in [-0.39, 0.29) is 0 Å². The lowest BCUT2D eigenvalue weighted by Crippen LogP contribution is -2.02. The summed E-state index contributed by atoms with van der Waals surface area (Å²) < 4.78 is 0. The molecule has 0 aromatic heterocycles. The Morgan fingerprint density at radius 1 is 0.952 bits per heavy atom. The first-order chi connectivity index (χ1) is 10.2. The Bertz CT molecular complexity index is 721. The van der Waals surface area contributed by atoms with Crippen molar-refractivity contribution in [1.29, 1.82) is 0 Å². The molecule has 0 saturated heterocycles. The molecule has 1 aliphatic carbocycles. The fourth-order valence-electron chi connectivity index (χ4n) is 2.72. The molecule has 21 heavy (non-hydrogen) atoms. The first-order valence-electron chi connectivity index (χ1n) is 7.30. The van der Waals surface area contributed by atoms with Crippen molar-refractivity contribution in [2.75, 3.05) is 0 Å². The summed E-state index contributed by atoms with van der Waals surface area (Å²) in [6, 6.07) is 18.7. The van der Waals surface area contributed by atoms with E-state index in [0.29, 0.717) is 5.92 Å². The Morgan fingerprint density at radius 2 is 1.67 bits per heavy atom. The van der Waals surface area contributed by atoms with Crippen LogP contribution in [0.3, 0.4) is 0 Å². The normalized spacial score (nSPS) is 17.9. The zero-order valence-electron chi connectivity index (χ0n) is 12.5. The van der Waals surface area contributed by atoms with E-state index in [9.17, 15) is 0 Å². The molecule has 0 radical (unpaired) electrons. The third-order valence-corrected chi connectivity index (χ3v) is 3.77. The monoisotopic (exact) mass is 273 g/mol. The van der Waals surface area contributed by atoms with Gasteiger partial charge in [-0.3, -0.25) is 4.99 Å². The van der Waals surface area contributed by atoms with E-state index in [4.69, 9.17) is 4.99 Å². The van der Waals surface area contributed by atoms with Gasteiger partial charge in [-0.1, -0.05) is 66.3 Å². The minimum Gasteiger partial charge on any atom is -0.253 e. The standard InChI is InChI=1S/C20H19N/c1-15-12-13-17(14-15)20-11-7-6-10-19(20)16(2)21-18-8-4-3-5-9-18/h3-14,17H,1-2H3. The topological polar surface area (TPSA) is 12.4 Å². The van der Waals surface area contributed by atoms with E-state index in [0.717, 1.165) is 11.4 Å². The fraction of sp³-hybridized carbons (Fsp3) is 0.150. The SMILES string of the molecule is CC1=CC(c2ccccc2C(C)=Nc2ccccc2)C=C1. The number of rotatable bonds is 3. The molecule has 3 rings (SSSR count). The van der Waals surface area contributed by atoms with Crippen LogP contribution in [0.5, 0.6) is 0 Å². The fourth-order valence-corrected chi connectivity index (χ4v) is 2.72. The molecule has 1 heteroatoms. The van der Waals surface area contributed by atoms with Gasteiger partial charge in [0.15, 0.2) is 0 Å².